The van der Waals surface area contributed by atoms with E-state index in [9.17, 15) is 14.9 Å². The van der Waals surface area contributed by atoms with Gasteiger partial charge in [-0.25, -0.2) is 4.98 Å². The fraction of sp³-hybridized carbons (Fsp3) is 0.455. The zero-order valence-corrected chi connectivity index (χ0v) is 10.5. The molecule has 0 fully saturated rings. The smallest absolute Gasteiger partial charge is 0.311 e. The van der Waals surface area contributed by atoms with Crippen molar-refractivity contribution < 1.29 is 9.72 Å². The van der Waals surface area contributed by atoms with E-state index in [1.165, 1.54) is 12.3 Å². The molecule has 0 unspecified atom stereocenters. The quantitative estimate of drug-likeness (QED) is 0.604. The molecule has 0 bridgehead atoms. The van der Waals surface area contributed by atoms with Gasteiger partial charge in [-0.3, -0.25) is 14.9 Å². The highest BCUT2D eigenvalue weighted by Crippen LogP contribution is 2.24. The van der Waals surface area contributed by atoms with Gasteiger partial charge in [-0.2, -0.15) is 0 Å². The number of aryl methyl sites for hydroxylation is 1. The number of hydrogen-bond acceptors (Lipinski definition) is 5. The molecule has 1 aromatic heterocycles. The van der Waals surface area contributed by atoms with Crippen molar-refractivity contribution in [1.29, 1.82) is 0 Å². The van der Waals surface area contributed by atoms with Crippen molar-refractivity contribution in [2.75, 3.05) is 5.32 Å². The molecule has 7 heteroatoms. The Hall–Kier alpha value is -2.18. The Morgan fingerprint density at radius 2 is 2.17 bits per heavy atom. The summed E-state index contributed by atoms with van der Waals surface area (Å²) in [5.41, 5.74) is 5.75. The minimum absolute atomic E-state index is 0.0584. The standard InChI is InChI=1S/C11H16N4O3/c1-6(2)9(10(12)16)14-11-8(15(17)18)4-7(3)5-13-11/h4-6,9H,1-3H3,(H2,12,16)(H,13,14)/t9-/m0/s1. The van der Waals surface area contributed by atoms with Crippen molar-refractivity contribution in [2.24, 2.45) is 11.7 Å². The van der Waals surface area contributed by atoms with Gasteiger partial charge in [-0.15, -0.1) is 0 Å². The van der Waals surface area contributed by atoms with E-state index in [2.05, 4.69) is 10.3 Å². The van der Waals surface area contributed by atoms with Crippen LogP contribution < -0.4 is 11.1 Å². The summed E-state index contributed by atoms with van der Waals surface area (Å²) in [5, 5.41) is 13.6. The first-order valence-electron chi connectivity index (χ1n) is 5.49. The molecule has 0 saturated heterocycles. The number of pyridine rings is 1. The number of nitro groups is 1. The van der Waals surface area contributed by atoms with Gasteiger partial charge in [0.05, 0.1) is 4.92 Å². The molecule has 0 saturated carbocycles. The molecule has 7 nitrogen and oxygen atoms in total. The normalized spacial score (nSPS) is 12.2. The van der Waals surface area contributed by atoms with E-state index in [1.54, 1.807) is 20.8 Å². The Labute approximate surface area is 105 Å². The average Bonchev–Trinajstić information content (AvgIpc) is 2.25. The Kier molecular flexibility index (Phi) is 4.19. The van der Waals surface area contributed by atoms with E-state index in [0.717, 1.165) is 0 Å². The second kappa shape index (κ2) is 5.44. The summed E-state index contributed by atoms with van der Waals surface area (Å²) < 4.78 is 0. The zero-order chi connectivity index (χ0) is 13.9. The highest BCUT2D eigenvalue weighted by Gasteiger charge is 2.24. The molecule has 1 aromatic rings. The van der Waals surface area contributed by atoms with Gasteiger partial charge in [-0.1, -0.05) is 13.8 Å². The summed E-state index contributed by atoms with van der Waals surface area (Å²) in [6.07, 6.45) is 1.49. The molecular weight excluding hydrogens is 236 g/mol. The van der Waals surface area contributed by atoms with Gasteiger partial charge >= 0.3 is 5.69 Å². The number of carbonyl (C=O) groups is 1. The third kappa shape index (κ3) is 3.16. The lowest BCUT2D eigenvalue weighted by Crippen LogP contribution is -2.39. The van der Waals surface area contributed by atoms with Crippen molar-refractivity contribution >= 4 is 17.4 Å². The maximum absolute atomic E-state index is 11.3. The maximum atomic E-state index is 11.3. The summed E-state index contributed by atoms with van der Waals surface area (Å²) in [7, 11) is 0. The number of primary amides is 1. The van der Waals surface area contributed by atoms with Crippen LogP contribution >= 0.6 is 0 Å². The summed E-state index contributed by atoms with van der Waals surface area (Å²) in [4.78, 5) is 25.6. The van der Waals surface area contributed by atoms with Crippen LogP contribution in [0.4, 0.5) is 11.5 Å². The molecule has 0 aliphatic carbocycles. The molecular formula is C11H16N4O3. The van der Waals surface area contributed by atoms with E-state index in [1.807, 2.05) is 0 Å². The number of hydrogen-bond donors (Lipinski definition) is 2. The third-order valence-electron chi connectivity index (χ3n) is 2.47. The lowest BCUT2D eigenvalue weighted by molar-refractivity contribution is -0.384. The van der Waals surface area contributed by atoms with Gasteiger partial charge in [0.15, 0.2) is 0 Å². The first-order valence-corrected chi connectivity index (χ1v) is 5.49. The van der Waals surface area contributed by atoms with Crippen LogP contribution in [0.3, 0.4) is 0 Å². The number of anilines is 1. The first-order chi connectivity index (χ1) is 8.32. The highest BCUT2D eigenvalue weighted by atomic mass is 16.6. The van der Waals surface area contributed by atoms with Crippen molar-refractivity contribution in [3.8, 4) is 0 Å². The summed E-state index contributed by atoms with van der Waals surface area (Å²) in [6.45, 7) is 5.29. The topological polar surface area (TPSA) is 111 Å². The molecule has 1 heterocycles. The molecule has 98 valence electrons. The Morgan fingerprint density at radius 3 is 2.61 bits per heavy atom. The maximum Gasteiger partial charge on any atom is 0.311 e. The van der Waals surface area contributed by atoms with Crippen LogP contribution in [-0.4, -0.2) is 21.9 Å². The first kappa shape index (κ1) is 13.9. The Morgan fingerprint density at radius 1 is 1.56 bits per heavy atom. The van der Waals surface area contributed by atoms with Crippen molar-refractivity contribution in [2.45, 2.75) is 26.8 Å². The van der Waals surface area contributed by atoms with Crippen molar-refractivity contribution in [3.05, 3.63) is 27.9 Å². The third-order valence-corrected chi connectivity index (χ3v) is 2.47. The summed E-state index contributed by atoms with van der Waals surface area (Å²) in [6, 6.07) is 0.701. The number of amides is 1. The van der Waals surface area contributed by atoms with Crippen LogP contribution in [-0.2, 0) is 4.79 Å². The number of nitrogens with zero attached hydrogens (tertiary/aromatic N) is 2. The average molecular weight is 252 g/mol. The molecule has 1 rings (SSSR count). The zero-order valence-electron chi connectivity index (χ0n) is 10.5. The van der Waals surface area contributed by atoms with Crippen LogP contribution in [0.5, 0.6) is 0 Å². The molecule has 0 aliphatic rings. The SMILES string of the molecule is Cc1cnc(N[C@H](C(N)=O)C(C)C)c([N+](=O)[O-])c1. The fourth-order valence-corrected chi connectivity index (χ4v) is 1.52. The van der Waals surface area contributed by atoms with Crippen LogP contribution in [0.2, 0.25) is 0 Å². The van der Waals surface area contributed by atoms with E-state index in [4.69, 9.17) is 5.73 Å². The minimum Gasteiger partial charge on any atom is -0.368 e. The highest BCUT2D eigenvalue weighted by molar-refractivity contribution is 5.83. The van der Waals surface area contributed by atoms with Gasteiger partial charge in [0.1, 0.15) is 6.04 Å². The number of rotatable bonds is 5. The molecule has 1 amide bonds. The number of nitrogens with two attached hydrogens (primary N) is 1. The lowest BCUT2D eigenvalue weighted by Gasteiger charge is -2.19. The van der Waals surface area contributed by atoms with Gasteiger partial charge in [-0.05, 0) is 18.4 Å². The Bertz CT molecular complexity index is 473. The monoisotopic (exact) mass is 252 g/mol. The molecule has 0 radical (unpaired) electrons. The second-order valence-electron chi connectivity index (χ2n) is 4.41. The van der Waals surface area contributed by atoms with Crippen LogP contribution in [0, 0.1) is 23.0 Å². The summed E-state index contributed by atoms with van der Waals surface area (Å²) in [5.74, 6) is -0.602. The van der Waals surface area contributed by atoms with Gasteiger partial charge in [0.2, 0.25) is 11.7 Å². The molecule has 0 spiro atoms. The van der Waals surface area contributed by atoms with Gasteiger partial charge in [0, 0.05) is 12.3 Å². The van der Waals surface area contributed by atoms with E-state index in [-0.39, 0.29) is 17.4 Å². The number of carbonyl (C=O) groups excluding carboxylic acids is 1. The minimum atomic E-state index is -0.695. The van der Waals surface area contributed by atoms with E-state index >= 15 is 0 Å². The predicted molar refractivity (Wildman–Crippen MR) is 67.1 cm³/mol. The lowest BCUT2D eigenvalue weighted by atomic mass is 10.0. The van der Waals surface area contributed by atoms with E-state index in [0.29, 0.717) is 5.56 Å². The van der Waals surface area contributed by atoms with E-state index < -0.39 is 16.9 Å². The number of aromatic nitrogens is 1. The molecule has 0 aliphatic heterocycles. The van der Waals surface area contributed by atoms with Gasteiger partial charge < -0.3 is 11.1 Å². The predicted octanol–water partition coefficient (Wildman–Crippen LogP) is 1.22. The number of nitrogens with one attached hydrogen (secondary N) is 1. The largest absolute Gasteiger partial charge is 0.368 e. The van der Waals surface area contributed by atoms with Crippen molar-refractivity contribution in [3.63, 3.8) is 0 Å². The van der Waals surface area contributed by atoms with Crippen LogP contribution in [0.15, 0.2) is 12.3 Å². The van der Waals surface area contributed by atoms with Crippen molar-refractivity contribution in [1.82, 2.24) is 4.98 Å². The van der Waals surface area contributed by atoms with Crippen LogP contribution in [0.1, 0.15) is 19.4 Å². The Balaban J connectivity index is 3.10. The fourth-order valence-electron chi connectivity index (χ4n) is 1.52. The molecule has 0 aromatic carbocycles. The second-order valence-corrected chi connectivity index (χ2v) is 4.41. The summed E-state index contributed by atoms with van der Waals surface area (Å²) >= 11 is 0. The molecule has 3 N–H and O–H groups in total. The van der Waals surface area contributed by atoms with Crippen LogP contribution in [0.25, 0.3) is 0 Å². The molecule has 18 heavy (non-hydrogen) atoms. The molecule has 1 atom stereocenters. The van der Waals surface area contributed by atoms with Gasteiger partial charge in [0.25, 0.3) is 0 Å².